The van der Waals surface area contributed by atoms with E-state index in [2.05, 4.69) is 6.58 Å². The van der Waals surface area contributed by atoms with Crippen molar-refractivity contribution in [2.45, 2.75) is 17.2 Å². The van der Waals surface area contributed by atoms with Gasteiger partial charge in [0, 0.05) is 19.6 Å². The number of nitrogens with zero attached hydrogens (tertiary/aromatic N) is 1. The molecule has 1 aromatic carbocycles. The van der Waals surface area contributed by atoms with Crippen LogP contribution in [0.4, 0.5) is 0 Å². The van der Waals surface area contributed by atoms with E-state index in [4.69, 9.17) is 17.3 Å². The highest BCUT2D eigenvalue weighted by atomic mass is 35.5. The van der Waals surface area contributed by atoms with Gasteiger partial charge in [-0.3, -0.25) is 0 Å². The van der Waals surface area contributed by atoms with Crippen LogP contribution in [0.15, 0.2) is 41.8 Å². The lowest BCUT2D eigenvalue weighted by Gasteiger charge is -2.22. The van der Waals surface area contributed by atoms with Crippen LogP contribution in [0.1, 0.15) is 5.56 Å². The fourth-order valence-corrected chi connectivity index (χ4v) is 3.27. The van der Waals surface area contributed by atoms with E-state index in [0.717, 1.165) is 5.56 Å². The van der Waals surface area contributed by atoms with Crippen LogP contribution in [0.3, 0.4) is 0 Å². The Morgan fingerprint density at radius 3 is 2.47 bits per heavy atom. The minimum Gasteiger partial charge on any atom is -0.329 e. The number of hydrogen-bond acceptors (Lipinski definition) is 3. The number of nitrogens with two attached hydrogens (primary N) is 1. The third kappa shape index (κ3) is 4.31. The van der Waals surface area contributed by atoms with E-state index < -0.39 is 15.4 Å². The molecule has 0 spiro atoms. The van der Waals surface area contributed by atoms with E-state index >= 15 is 0 Å². The summed E-state index contributed by atoms with van der Waals surface area (Å²) in [5.74, 6) is 0. The second-order valence-electron chi connectivity index (χ2n) is 4.26. The molecule has 0 saturated carbocycles. The summed E-state index contributed by atoms with van der Waals surface area (Å²) >= 11 is 5.95. The Morgan fingerprint density at radius 1 is 1.42 bits per heavy atom. The zero-order chi connectivity index (χ0) is 14.5. The van der Waals surface area contributed by atoms with Gasteiger partial charge < -0.3 is 5.73 Å². The summed E-state index contributed by atoms with van der Waals surface area (Å²) in [5.41, 5.74) is 6.44. The summed E-state index contributed by atoms with van der Waals surface area (Å²) in [7, 11) is -3.56. The largest absolute Gasteiger partial charge is 0.329 e. The molecule has 106 valence electrons. The number of halogens is 1. The Kier molecular flexibility index (Phi) is 6.00. The number of aryl methyl sites for hydroxylation is 1. The third-order valence-electron chi connectivity index (χ3n) is 2.65. The number of hydrogen-bond donors (Lipinski definition) is 1. The molecule has 0 heterocycles. The van der Waals surface area contributed by atoms with Gasteiger partial charge in [0.2, 0.25) is 10.0 Å². The van der Waals surface area contributed by atoms with Gasteiger partial charge in [0.15, 0.2) is 0 Å². The molecule has 6 heteroatoms. The lowest BCUT2D eigenvalue weighted by atomic mass is 10.2. The Bertz CT molecular complexity index is 514. The van der Waals surface area contributed by atoms with Crippen molar-refractivity contribution < 1.29 is 8.42 Å². The van der Waals surface area contributed by atoms with Gasteiger partial charge in [0.25, 0.3) is 0 Å². The molecule has 0 amide bonds. The average molecular weight is 303 g/mol. The minimum absolute atomic E-state index is 0.167. The van der Waals surface area contributed by atoms with Crippen molar-refractivity contribution in [3.05, 3.63) is 42.5 Å². The maximum absolute atomic E-state index is 12.5. The molecule has 1 rings (SSSR count). The molecular formula is C13H19ClN2O2S. The zero-order valence-corrected chi connectivity index (χ0v) is 12.5. The van der Waals surface area contributed by atoms with Crippen LogP contribution < -0.4 is 5.73 Å². The maximum atomic E-state index is 12.5. The summed E-state index contributed by atoms with van der Waals surface area (Å²) in [6, 6.07) is 6.71. The van der Waals surface area contributed by atoms with Gasteiger partial charge in [0.1, 0.15) is 0 Å². The first-order valence-corrected chi connectivity index (χ1v) is 7.81. The number of alkyl halides is 1. The van der Waals surface area contributed by atoms with Crippen LogP contribution >= 0.6 is 11.6 Å². The second kappa shape index (κ2) is 7.05. The van der Waals surface area contributed by atoms with Crippen LogP contribution in [0.25, 0.3) is 0 Å². The van der Waals surface area contributed by atoms with E-state index in [1.165, 1.54) is 10.4 Å². The SMILES string of the molecule is C=CCN(CC(Cl)CN)S(=O)(=O)c1ccc(C)cc1. The molecule has 4 nitrogen and oxygen atoms in total. The van der Waals surface area contributed by atoms with Crippen molar-refractivity contribution in [3.8, 4) is 0 Å². The van der Waals surface area contributed by atoms with Gasteiger partial charge in [-0.15, -0.1) is 18.2 Å². The van der Waals surface area contributed by atoms with Crippen LogP contribution in [-0.2, 0) is 10.0 Å². The van der Waals surface area contributed by atoms with Gasteiger partial charge in [-0.1, -0.05) is 23.8 Å². The van der Waals surface area contributed by atoms with E-state index in [1.807, 2.05) is 6.92 Å². The van der Waals surface area contributed by atoms with Crippen molar-refractivity contribution in [1.29, 1.82) is 0 Å². The lowest BCUT2D eigenvalue weighted by molar-refractivity contribution is 0.439. The quantitative estimate of drug-likeness (QED) is 0.616. The first kappa shape index (κ1) is 16.2. The van der Waals surface area contributed by atoms with Crippen molar-refractivity contribution in [2.75, 3.05) is 19.6 Å². The molecule has 0 fully saturated rings. The molecule has 0 saturated heterocycles. The topological polar surface area (TPSA) is 63.4 Å². The average Bonchev–Trinajstić information content (AvgIpc) is 2.38. The molecule has 1 atom stereocenters. The molecule has 0 aliphatic heterocycles. The fraction of sp³-hybridized carbons (Fsp3) is 0.385. The van der Waals surface area contributed by atoms with Gasteiger partial charge >= 0.3 is 0 Å². The van der Waals surface area contributed by atoms with Crippen molar-refractivity contribution >= 4 is 21.6 Å². The Balaban J connectivity index is 3.05. The zero-order valence-electron chi connectivity index (χ0n) is 10.9. The molecule has 0 aliphatic carbocycles. The van der Waals surface area contributed by atoms with Crippen LogP contribution in [-0.4, -0.2) is 37.7 Å². The number of sulfonamides is 1. The van der Waals surface area contributed by atoms with E-state index in [0.29, 0.717) is 0 Å². The minimum atomic E-state index is -3.56. The lowest BCUT2D eigenvalue weighted by Crippen LogP contribution is -2.38. The smallest absolute Gasteiger partial charge is 0.243 e. The summed E-state index contributed by atoms with van der Waals surface area (Å²) in [6.45, 7) is 6.07. The van der Waals surface area contributed by atoms with Gasteiger partial charge in [-0.2, -0.15) is 4.31 Å². The number of benzene rings is 1. The van der Waals surface area contributed by atoms with E-state index in [1.54, 1.807) is 24.3 Å². The predicted octanol–water partition coefficient (Wildman–Crippen LogP) is 1.74. The van der Waals surface area contributed by atoms with Crippen molar-refractivity contribution in [2.24, 2.45) is 5.73 Å². The van der Waals surface area contributed by atoms with Crippen molar-refractivity contribution in [3.63, 3.8) is 0 Å². The Hall–Kier alpha value is -0.880. The van der Waals surface area contributed by atoms with Crippen LogP contribution in [0.2, 0.25) is 0 Å². The van der Waals surface area contributed by atoms with Crippen LogP contribution in [0, 0.1) is 6.92 Å². The van der Waals surface area contributed by atoms with Gasteiger partial charge in [0.05, 0.1) is 10.3 Å². The standard InChI is InChI=1S/C13H19ClN2O2S/c1-3-8-16(10-12(14)9-15)19(17,18)13-6-4-11(2)5-7-13/h3-7,12H,1,8-10,15H2,2H3. The van der Waals surface area contributed by atoms with E-state index in [-0.39, 0.29) is 24.5 Å². The van der Waals surface area contributed by atoms with Crippen molar-refractivity contribution in [1.82, 2.24) is 4.31 Å². The third-order valence-corrected chi connectivity index (χ3v) is 4.81. The molecule has 0 aromatic heterocycles. The van der Waals surface area contributed by atoms with Gasteiger partial charge in [-0.25, -0.2) is 8.42 Å². The second-order valence-corrected chi connectivity index (χ2v) is 6.81. The maximum Gasteiger partial charge on any atom is 0.243 e. The van der Waals surface area contributed by atoms with E-state index in [9.17, 15) is 8.42 Å². The summed E-state index contributed by atoms with van der Waals surface area (Å²) < 4.78 is 26.2. The molecule has 1 unspecified atom stereocenters. The molecular weight excluding hydrogens is 284 g/mol. The molecule has 2 N–H and O–H groups in total. The summed E-state index contributed by atoms with van der Waals surface area (Å²) in [6.07, 6.45) is 1.53. The molecule has 1 aromatic rings. The summed E-state index contributed by atoms with van der Waals surface area (Å²) in [4.78, 5) is 0.251. The molecule has 0 radical (unpaired) electrons. The van der Waals surface area contributed by atoms with Crippen LogP contribution in [0.5, 0.6) is 0 Å². The predicted molar refractivity (Wildman–Crippen MR) is 78.8 cm³/mol. The Morgan fingerprint density at radius 2 is 2.00 bits per heavy atom. The molecule has 0 bridgehead atoms. The summed E-state index contributed by atoms with van der Waals surface area (Å²) in [5, 5.41) is -0.417. The monoisotopic (exact) mass is 302 g/mol. The highest BCUT2D eigenvalue weighted by Crippen LogP contribution is 2.17. The normalized spacial score (nSPS) is 13.5. The highest BCUT2D eigenvalue weighted by Gasteiger charge is 2.25. The highest BCUT2D eigenvalue weighted by molar-refractivity contribution is 7.89. The van der Waals surface area contributed by atoms with Gasteiger partial charge in [-0.05, 0) is 19.1 Å². The number of rotatable bonds is 7. The first-order chi connectivity index (χ1) is 8.91. The fourth-order valence-electron chi connectivity index (χ4n) is 1.57. The Labute approximate surface area is 119 Å². The molecule has 19 heavy (non-hydrogen) atoms. The first-order valence-electron chi connectivity index (χ1n) is 5.93. The molecule has 0 aliphatic rings.